The number of hydrogen-bond acceptors (Lipinski definition) is 2. The summed E-state index contributed by atoms with van der Waals surface area (Å²) in [6, 6.07) is 4.14. The SMILES string of the molecule is CC1OC(C)C(C(=O)Cc2ccc(F)cc2Cl)C1C. The van der Waals surface area contributed by atoms with Crippen molar-refractivity contribution in [3.63, 3.8) is 0 Å². The Morgan fingerprint density at radius 1 is 1.32 bits per heavy atom. The van der Waals surface area contributed by atoms with Crippen LogP contribution in [0, 0.1) is 17.7 Å². The third-order valence-corrected chi connectivity index (χ3v) is 4.35. The van der Waals surface area contributed by atoms with Crippen LogP contribution in [0.15, 0.2) is 18.2 Å². The van der Waals surface area contributed by atoms with Crippen molar-refractivity contribution in [2.45, 2.75) is 39.4 Å². The molecule has 0 N–H and O–H groups in total. The summed E-state index contributed by atoms with van der Waals surface area (Å²) in [4.78, 5) is 12.4. The summed E-state index contributed by atoms with van der Waals surface area (Å²) >= 11 is 5.96. The maximum absolute atomic E-state index is 13.0. The molecule has 0 saturated carbocycles. The number of halogens is 2. The number of benzene rings is 1. The molecule has 1 aliphatic rings. The Morgan fingerprint density at radius 2 is 2.00 bits per heavy atom. The van der Waals surface area contributed by atoms with Gasteiger partial charge in [0.15, 0.2) is 0 Å². The third kappa shape index (κ3) is 2.98. The van der Waals surface area contributed by atoms with Gasteiger partial charge >= 0.3 is 0 Å². The first-order chi connectivity index (χ1) is 8.90. The molecule has 0 aromatic heterocycles. The van der Waals surface area contributed by atoms with E-state index in [1.165, 1.54) is 12.1 Å². The molecular weight excluding hydrogens is 267 g/mol. The van der Waals surface area contributed by atoms with Crippen LogP contribution in [0.2, 0.25) is 5.02 Å². The van der Waals surface area contributed by atoms with Gasteiger partial charge in [-0.25, -0.2) is 4.39 Å². The van der Waals surface area contributed by atoms with Gasteiger partial charge < -0.3 is 4.74 Å². The van der Waals surface area contributed by atoms with Gasteiger partial charge in [0.25, 0.3) is 0 Å². The molecule has 4 heteroatoms. The summed E-state index contributed by atoms with van der Waals surface area (Å²) in [5.74, 6) is -0.198. The largest absolute Gasteiger partial charge is 0.375 e. The monoisotopic (exact) mass is 284 g/mol. The van der Waals surface area contributed by atoms with Crippen LogP contribution in [-0.4, -0.2) is 18.0 Å². The fourth-order valence-electron chi connectivity index (χ4n) is 2.79. The first-order valence-corrected chi connectivity index (χ1v) is 6.90. The highest BCUT2D eigenvalue weighted by Crippen LogP contribution is 2.34. The van der Waals surface area contributed by atoms with Crippen molar-refractivity contribution in [3.8, 4) is 0 Å². The molecule has 0 aliphatic carbocycles. The van der Waals surface area contributed by atoms with Gasteiger partial charge in [0.1, 0.15) is 11.6 Å². The highest BCUT2D eigenvalue weighted by molar-refractivity contribution is 6.31. The van der Waals surface area contributed by atoms with E-state index in [1.54, 1.807) is 6.07 Å². The standard InChI is InChI=1S/C15H18ClFO2/c1-8-9(2)19-10(3)15(8)14(18)6-11-4-5-12(17)7-13(11)16/h4-5,7-10,15H,6H2,1-3H3. The Hall–Kier alpha value is -0.930. The van der Waals surface area contributed by atoms with Crippen molar-refractivity contribution in [2.24, 2.45) is 11.8 Å². The first kappa shape index (κ1) is 14.5. The molecule has 4 unspecified atom stereocenters. The van der Waals surface area contributed by atoms with Gasteiger partial charge in [-0.1, -0.05) is 24.6 Å². The van der Waals surface area contributed by atoms with E-state index < -0.39 is 0 Å². The van der Waals surface area contributed by atoms with Crippen molar-refractivity contribution in [1.29, 1.82) is 0 Å². The zero-order chi connectivity index (χ0) is 14.2. The third-order valence-electron chi connectivity index (χ3n) is 3.99. The Morgan fingerprint density at radius 3 is 2.53 bits per heavy atom. The van der Waals surface area contributed by atoms with Gasteiger partial charge in [0.05, 0.1) is 12.2 Å². The molecular formula is C15H18ClFO2. The molecule has 1 saturated heterocycles. The second kappa shape index (κ2) is 5.59. The van der Waals surface area contributed by atoms with Crippen LogP contribution in [0.3, 0.4) is 0 Å². The number of rotatable bonds is 3. The van der Waals surface area contributed by atoms with E-state index in [9.17, 15) is 9.18 Å². The van der Waals surface area contributed by atoms with E-state index in [0.29, 0.717) is 10.6 Å². The maximum Gasteiger partial charge on any atom is 0.143 e. The van der Waals surface area contributed by atoms with Crippen LogP contribution in [0.25, 0.3) is 0 Å². The van der Waals surface area contributed by atoms with Crippen molar-refractivity contribution >= 4 is 17.4 Å². The Labute approximate surface area is 117 Å². The minimum atomic E-state index is -0.388. The Balaban J connectivity index is 2.13. The fraction of sp³-hybridized carbons (Fsp3) is 0.533. The minimum Gasteiger partial charge on any atom is -0.375 e. The van der Waals surface area contributed by atoms with Crippen molar-refractivity contribution < 1.29 is 13.9 Å². The second-order valence-electron chi connectivity index (χ2n) is 5.31. The Bertz CT molecular complexity index is 489. The van der Waals surface area contributed by atoms with E-state index in [1.807, 2.05) is 20.8 Å². The molecule has 4 atom stereocenters. The van der Waals surface area contributed by atoms with Crippen LogP contribution in [0.5, 0.6) is 0 Å². The first-order valence-electron chi connectivity index (χ1n) is 6.52. The normalized spacial score (nSPS) is 30.6. The summed E-state index contributed by atoms with van der Waals surface area (Å²) < 4.78 is 18.7. The lowest BCUT2D eigenvalue weighted by Crippen LogP contribution is -2.28. The summed E-state index contributed by atoms with van der Waals surface area (Å²) in [5, 5.41) is 0.306. The predicted molar refractivity (Wildman–Crippen MR) is 72.8 cm³/mol. The number of Topliss-reactive ketones (excluding diaryl/α,β-unsaturated/α-hetero) is 1. The van der Waals surface area contributed by atoms with Crippen LogP contribution in [-0.2, 0) is 16.0 Å². The van der Waals surface area contributed by atoms with E-state index >= 15 is 0 Å². The van der Waals surface area contributed by atoms with Crippen molar-refractivity contribution in [1.82, 2.24) is 0 Å². The highest BCUT2D eigenvalue weighted by atomic mass is 35.5. The highest BCUT2D eigenvalue weighted by Gasteiger charge is 2.41. The molecule has 0 amide bonds. The molecule has 0 bridgehead atoms. The topological polar surface area (TPSA) is 26.3 Å². The van der Waals surface area contributed by atoms with Gasteiger partial charge in [-0.3, -0.25) is 4.79 Å². The van der Waals surface area contributed by atoms with Crippen LogP contribution in [0.4, 0.5) is 4.39 Å². The average molecular weight is 285 g/mol. The summed E-state index contributed by atoms with van der Waals surface area (Å²) in [6.07, 6.45) is 0.249. The number of ether oxygens (including phenoxy) is 1. The molecule has 19 heavy (non-hydrogen) atoms. The van der Waals surface area contributed by atoms with Crippen LogP contribution in [0.1, 0.15) is 26.3 Å². The van der Waals surface area contributed by atoms with E-state index in [-0.39, 0.29) is 42.1 Å². The molecule has 2 rings (SSSR count). The van der Waals surface area contributed by atoms with Gasteiger partial charge in [-0.05, 0) is 37.5 Å². The molecule has 0 radical (unpaired) electrons. The lowest BCUT2D eigenvalue weighted by molar-refractivity contribution is -0.124. The molecule has 1 aliphatic heterocycles. The fourth-order valence-corrected chi connectivity index (χ4v) is 3.03. The average Bonchev–Trinajstić information content (AvgIpc) is 2.57. The smallest absolute Gasteiger partial charge is 0.143 e. The summed E-state index contributed by atoms with van der Waals surface area (Å²) in [7, 11) is 0. The maximum atomic E-state index is 13.0. The van der Waals surface area contributed by atoms with E-state index in [2.05, 4.69) is 0 Å². The van der Waals surface area contributed by atoms with Gasteiger partial charge in [-0.2, -0.15) is 0 Å². The number of ketones is 1. The summed E-state index contributed by atoms with van der Waals surface area (Å²) in [6.45, 7) is 5.94. The zero-order valence-electron chi connectivity index (χ0n) is 11.3. The molecule has 104 valence electrons. The van der Waals surface area contributed by atoms with Gasteiger partial charge in [0, 0.05) is 17.4 Å². The second-order valence-corrected chi connectivity index (χ2v) is 5.72. The quantitative estimate of drug-likeness (QED) is 0.847. The van der Waals surface area contributed by atoms with Crippen LogP contribution < -0.4 is 0 Å². The number of carbonyl (C=O) groups excluding carboxylic acids is 1. The molecule has 1 aromatic carbocycles. The van der Waals surface area contributed by atoms with Gasteiger partial charge in [0.2, 0.25) is 0 Å². The molecule has 1 aromatic rings. The minimum absolute atomic E-state index is 0.0725. The number of carbonyl (C=O) groups is 1. The van der Waals surface area contributed by atoms with Gasteiger partial charge in [-0.15, -0.1) is 0 Å². The molecule has 2 nitrogen and oxygen atoms in total. The van der Waals surface area contributed by atoms with Crippen molar-refractivity contribution in [3.05, 3.63) is 34.6 Å². The molecule has 1 fully saturated rings. The van der Waals surface area contributed by atoms with E-state index in [0.717, 1.165) is 0 Å². The van der Waals surface area contributed by atoms with E-state index in [4.69, 9.17) is 16.3 Å². The number of hydrogen-bond donors (Lipinski definition) is 0. The van der Waals surface area contributed by atoms with Crippen LogP contribution >= 0.6 is 11.6 Å². The molecule has 0 spiro atoms. The molecule has 1 heterocycles. The Kier molecular flexibility index (Phi) is 4.26. The lowest BCUT2D eigenvalue weighted by atomic mass is 9.84. The van der Waals surface area contributed by atoms with Crippen molar-refractivity contribution in [2.75, 3.05) is 0 Å². The zero-order valence-corrected chi connectivity index (χ0v) is 12.1. The lowest BCUT2D eigenvalue weighted by Gasteiger charge is -2.17. The summed E-state index contributed by atoms with van der Waals surface area (Å²) in [5.41, 5.74) is 0.673. The predicted octanol–water partition coefficient (Wildman–Crippen LogP) is 3.65.